The Morgan fingerprint density at radius 1 is 1.19 bits per heavy atom. The first kappa shape index (κ1) is 10.8. The Bertz CT molecular complexity index is 581. The molecule has 0 radical (unpaired) electrons. The normalized spacial score (nSPS) is 17.9. The van der Waals surface area contributed by atoms with Crippen molar-refractivity contribution >= 4 is 21.9 Å². The molecule has 0 unspecified atom stereocenters. The first-order valence-electron chi connectivity index (χ1n) is 4.49. The van der Waals surface area contributed by atoms with Gasteiger partial charge in [0.25, 0.3) is 5.91 Å². The molecule has 0 bridgehead atoms. The molecule has 1 aromatic heterocycles. The van der Waals surface area contributed by atoms with E-state index < -0.39 is 16.1 Å². The predicted molar refractivity (Wildman–Crippen MR) is 56.3 cm³/mol. The van der Waals surface area contributed by atoms with Crippen LogP contribution in [0.1, 0.15) is 21.9 Å². The van der Waals surface area contributed by atoms with Crippen molar-refractivity contribution in [2.45, 2.75) is 13.8 Å². The Labute approximate surface area is 92.7 Å². The molecule has 0 spiro atoms. The van der Waals surface area contributed by atoms with Gasteiger partial charge in [-0.2, -0.15) is 8.42 Å². The summed E-state index contributed by atoms with van der Waals surface area (Å²) in [6.07, 6.45) is 0. The average molecular weight is 242 g/mol. The summed E-state index contributed by atoms with van der Waals surface area (Å²) in [5.41, 5.74) is 1.22. The monoisotopic (exact) mass is 242 g/mol. The molecule has 1 N–H and O–H groups in total. The van der Waals surface area contributed by atoms with Crippen LogP contribution >= 0.6 is 0 Å². The first-order chi connectivity index (χ1) is 7.33. The van der Waals surface area contributed by atoms with Crippen LogP contribution in [0.3, 0.4) is 0 Å². The fourth-order valence-corrected chi connectivity index (χ4v) is 2.13. The highest BCUT2D eigenvalue weighted by Gasteiger charge is 2.34. The molecule has 0 fully saturated rings. The molecule has 0 saturated carbocycles. The Morgan fingerprint density at radius 2 is 1.75 bits per heavy atom. The zero-order valence-corrected chi connectivity index (χ0v) is 9.79. The molecule has 2 rings (SSSR count). The number of carbonyl (C=O) groups is 1. The van der Waals surface area contributed by atoms with Crippen LogP contribution in [0, 0.1) is 13.8 Å². The second-order valence-electron chi connectivity index (χ2n) is 3.47. The second kappa shape index (κ2) is 3.14. The summed E-state index contributed by atoms with van der Waals surface area (Å²) in [5.74, 6) is -0.685. The molecule has 2 heterocycles. The van der Waals surface area contributed by atoms with Gasteiger partial charge in [-0.05, 0) is 13.8 Å². The number of anilines is 1. The van der Waals surface area contributed by atoms with Gasteiger partial charge >= 0.3 is 10.2 Å². The lowest BCUT2D eigenvalue weighted by molar-refractivity contribution is 0.0974. The fraction of sp³-hybridized carbons (Fsp3) is 0.375. The lowest BCUT2D eigenvalue weighted by atomic mass is 10.3. The van der Waals surface area contributed by atoms with Crippen molar-refractivity contribution in [2.24, 2.45) is 0 Å². The lowest BCUT2D eigenvalue weighted by Crippen LogP contribution is -2.47. The highest BCUT2D eigenvalue weighted by Crippen LogP contribution is 2.22. The van der Waals surface area contributed by atoms with Crippen molar-refractivity contribution in [1.82, 2.24) is 14.7 Å². The lowest BCUT2D eigenvalue weighted by Gasteiger charge is -2.25. The van der Waals surface area contributed by atoms with E-state index in [4.69, 9.17) is 0 Å². The molecule has 0 atom stereocenters. The van der Waals surface area contributed by atoms with Crippen LogP contribution in [0.5, 0.6) is 0 Å². The summed E-state index contributed by atoms with van der Waals surface area (Å²) in [6, 6.07) is 0. The van der Waals surface area contributed by atoms with E-state index >= 15 is 0 Å². The van der Waals surface area contributed by atoms with Gasteiger partial charge in [-0.15, -0.1) is 0 Å². The highest BCUT2D eigenvalue weighted by molar-refractivity contribution is 7.91. The third kappa shape index (κ3) is 1.42. The van der Waals surface area contributed by atoms with E-state index in [9.17, 15) is 13.2 Å². The number of nitrogens with one attached hydrogen (secondary N) is 1. The Kier molecular flexibility index (Phi) is 2.12. The van der Waals surface area contributed by atoms with Crippen LogP contribution in [-0.4, -0.2) is 31.3 Å². The van der Waals surface area contributed by atoms with Gasteiger partial charge in [0.05, 0.1) is 11.4 Å². The van der Waals surface area contributed by atoms with E-state index in [-0.39, 0.29) is 11.5 Å². The van der Waals surface area contributed by atoms with E-state index in [2.05, 4.69) is 9.97 Å². The number of aromatic nitrogens is 2. The van der Waals surface area contributed by atoms with Gasteiger partial charge in [-0.25, -0.2) is 19.0 Å². The van der Waals surface area contributed by atoms with Crippen molar-refractivity contribution < 1.29 is 13.2 Å². The maximum Gasteiger partial charge on any atom is 0.327 e. The van der Waals surface area contributed by atoms with Crippen LogP contribution in [0.2, 0.25) is 0 Å². The van der Waals surface area contributed by atoms with Crippen LogP contribution in [0.4, 0.5) is 5.82 Å². The van der Waals surface area contributed by atoms with Crippen molar-refractivity contribution in [3.05, 3.63) is 17.1 Å². The Hall–Kier alpha value is -1.70. The van der Waals surface area contributed by atoms with E-state index in [1.807, 2.05) is 4.72 Å². The van der Waals surface area contributed by atoms with Gasteiger partial charge in [-0.1, -0.05) is 0 Å². The minimum Gasteiger partial charge on any atom is -0.266 e. The number of amides is 1. The summed E-state index contributed by atoms with van der Waals surface area (Å²) >= 11 is 0. The topological polar surface area (TPSA) is 92.3 Å². The maximum atomic E-state index is 11.5. The molecular formula is C8H10N4O3S. The summed E-state index contributed by atoms with van der Waals surface area (Å²) < 4.78 is 25.7. The molecule has 1 amide bonds. The SMILES string of the molecule is Cc1nc2c(nc1C)N(C)S(=O)(=O)NC2=O. The van der Waals surface area contributed by atoms with Crippen molar-refractivity contribution in [3.8, 4) is 0 Å². The molecule has 1 aromatic rings. The number of nitrogens with zero attached hydrogens (tertiary/aromatic N) is 3. The fourth-order valence-electron chi connectivity index (χ4n) is 1.31. The van der Waals surface area contributed by atoms with E-state index in [1.54, 1.807) is 13.8 Å². The molecule has 0 aliphatic carbocycles. The van der Waals surface area contributed by atoms with Gasteiger partial charge in [0, 0.05) is 7.05 Å². The van der Waals surface area contributed by atoms with E-state index in [0.717, 1.165) is 4.31 Å². The van der Waals surface area contributed by atoms with Gasteiger partial charge < -0.3 is 0 Å². The number of hydrogen-bond donors (Lipinski definition) is 1. The second-order valence-corrected chi connectivity index (χ2v) is 5.17. The molecule has 0 saturated heterocycles. The molecule has 16 heavy (non-hydrogen) atoms. The number of carbonyl (C=O) groups excluding carboxylic acids is 1. The molecular weight excluding hydrogens is 232 g/mol. The molecule has 1 aliphatic rings. The highest BCUT2D eigenvalue weighted by atomic mass is 32.2. The van der Waals surface area contributed by atoms with E-state index in [0.29, 0.717) is 11.4 Å². The first-order valence-corrected chi connectivity index (χ1v) is 5.93. The smallest absolute Gasteiger partial charge is 0.266 e. The molecule has 0 aromatic carbocycles. The Balaban J connectivity index is 2.74. The molecule has 86 valence electrons. The van der Waals surface area contributed by atoms with Crippen molar-refractivity contribution in [3.63, 3.8) is 0 Å². The number of hydrogen-bond acceptors (Lipinski definition) is 5. The van der Waals surface area contributed by atoms with Crippen molar-refractivity contribution in [1.29, 1.82) is 0 Å². The third-order valence-corrected chi connectivity index (χ3v) is 3.72. The van der Waals surface area contributed by atoms with Gasteiger partial charge in [-0.3, -0.25) is 4.79 Å². The quantitative estimate of drug-likeness (QED) is 0.663. The van der Waals surface area contributed by atoms with Gasteiger partial charge in [0.15, 0.2) is 11.5 Å². The minimum absolute atomic E-state index is 0.0282. The maximum absolute atomic E-state index is 11.5. The number of fused-ring (bicyclic) bond motifs is 1. The van der Waals surface area contributed by atoms with Crippen LogP contribution in [-0.2, 0) is 10.2 Å². The van der Waals surface area contributed by atoms with Crippen LogP contribution in [0.25, 0.3) is 0 Å². The zero-order valence-electron chi connectivity index (χ0n) is 8.97. The minimum atomic E-state index is -3.82. The van der Waals surface area contributed by atoms with E-state index in [1.165, 1.54) is 7.05 Å². The molecule has 1 aliphatic heterocycles. The number of rotatable bonds is 0. The number of aryl methyl sites for hydroxylation is 2. The average Bonchev–Trinajstić information content (AvgIpc) is 2.17. The van der Waals surface area contributed by atoms with Crippen LogP contribution in [0.15, 0.2) is 0 Å². The summed E-state index contributed by atoms with van der Waals surface area (Å²) in [7, 11) is -2.51. The largest absolute Gasteiger partial charge is 0.327 e. The Morgan fingerprint density at radius 3 is 2.38 bits per heavy atom. The van der Waals surface area contributed by atoms with Crippen molar-refractivity contribution in [2.75, 3.05) is 11.4 Å². The zero-order chi connectivity index (χ0) is 12.1. The van der Waals surface area contributed by atoms with Gasteiger partial charge in [0.1, 0.15) is 0 Å². The molecule has 8 heteroatoms. The predicted octanol–water partition coefficient (Wildman–Crippen LogP) is -0.482. The third-order valence-electron chi connectivity index (χ3n) is 2.38. The van der Waals surface area contributed by atoms with Crippen LogP contribution < -0.4 is 9.03 Å². The standard InChI is InChI=1S/C8H10N4O3S/c1-4-5(2)10-7-6(9-4)8(13)11-16(14,15)12(7)3/h1-3H3,(H,11,13). The summed E-state index contributed by atoms with van der Waals surface area (Å²) in [6.45, 7) is 3.41. The molecule has 7 nitrogen and oxygen atoms in total. The summed E-state index contributed by atoms with van der Waals surface area (Å²) in [5, 5.41) is 0. The van der Waals surface area contributed by atoms with Gasteiger partial charge in [0.2, 0.25) is 0 Å². The summed E-state index contributed by atoms with van der Waals surface area (Å²) in [4.78, 5) is 19.6.